The number of nitrogens with two attached hydrogens (primary N) is 1. The molecule has 3 N–H and O–H groups in total. The number of aromatic nitrogens is 2. The van der Waals surface area contributed by atoms with Gasteiger partial charge in [-0.1, -0.05) is 42.5 Å². The number of para-hydroxylation sites is 1. The van der Waals surface area contributed by atoms with Gasteiger partial charge in [-0.3, -0.25) is 14.9 Å². The zero-order valence-electron chi connectivity index (χ0n) is 20.8. The summed E-state index contributed by atoms with van der Waals surface area (Å²) in [6, 6.07) is 21.6. The standard InChI is InChI=1S/C29H30N4O4/c1-2-36-28(34)16-21-6-3-4-9-27(21)37-18-25-24-15-20(19-7-5-8-22(14-19)29(30)31)10-11-26(24)33(32-25)23-12-13-35-17-23/h3-11,14-15,23H,2,12-13,16-18H2,1H3,(H3,30,31). The van der Waals surface area contributed by atoms with E-state index in [0.717, 1.165) is 46.3 Å². The van der Waals surface area contributed by atoms with E-state index in [-0.39, 0.29) is 30.9 Å². The van der Waals surface area contributed by atoms with Crippen LogP contribution in [0.3, 0.4) is 0 Å². The van der Waals surface area contributed by atoms with Crippen LogP contribution < -0.4 is 10.5 Å². The molecule has 8 nitrogen and oxygen atoms in total. The van der Waals surface area contributed by atoms with Gasteiger partial charge in [0.05, 0.1) is 31.2 Å². The quantitative estimate of drug-likeness (QED) is 0.198. The molecule has 0 aliphatic carbocycles. The van der Waals surface area contributed by atoms with Crippen molar-refractivity contribution in [1.29, 1.82) is 5.41 Å². The lowest BCUT2D eigenvalue weighted by molar-refractivity contribution is -0.142. The molecule has 0 amide bonds. The van der Waals surface area contributed by atoms with Crippen molar-refractivity contribution in [3.05, 3.63) is 83.6 Å². The lowest BCUT2D eigenvalue weighted by Gasteiger charge is -2.11. The smallest absolute Gasteiger partial charge is 0.310 e. The fraction of sp³-hybridized carbons (Fsp3) is 0.276. The summed E-state index contributed by atoms with van der Waals surface area (Å²) in [4.78, 5) is 12.1. The second-order valence-electron chi connectivity index (χ2n) is 9.01. The van der Waals surface area contributed by atoms with Gasteiger partial charge in [0.15, 0.2) is 0 Å². The molecule has 4 aromatic rings. The number of nitrogens with zero attached hydrogens (tertiary/aromatic N) is 2. The van der Waals surface area contributed by atoms with E-state index in [1.165, 1.54) is 0 Å². The Hall–Kier alpha value is -4.17. The van der Waals surface area contributed by atoms with E-state index in [9.17, 15) is 4.79 Å². The molecule has 0 spiro atoms. The summed E-state index contributed by atoms with van der Waals surface area (Å²) in [7, 11) is 0. The van der Waals surface area contributed by atoms with Gasteiger partial charge in [-0.2, -0.15) is 5.10 Å². The third-order valence-corrected chi connectivity index (χ3v) is 6.52. The van der Waals surface area contributed by atoms with Crippen LogP contribution in [0, 0.1) is 5.41 Å². The van der Waals surface area contributed by atoms with Gasteiger partial charge in [0.1, 0.15) is 23.9 Å². The molecule has 1 aliphatic rings. The Balaban J connectivity index is 1.49. The summed E-state index contributed by atoms with van der Waals surface area (Å²) in [5, 5.41) is 13.7. The molecule has 3 aromatic carbocycles. The van der Waals surface area contributed by atoms with E-state index < -0.39 is 0 Å². The lowest BCUT2D eigenvalue weighted by Crippen LogP contribution is -2.11. The van der Waals surface area contributed by atoms with Crippen LogP contribution in [0.4, 0.5) is 0 Å². The van der Waals surface area contributed by atoms with Gasteiger partial charge in [-0.05, 0) is 48.7 Å². The summed E-state index contributed by atoms with van der Waals surface area (Å²) in [6.07, 6.45) is 1.05. The van der Waals surface area contributed by atoms with Gasteiger partial charge in [0.25, 0.3) is 0 Å². The summed E-state index contributed by atoms with van der Waals surface area (Å²) in [5.41, 5.74) is 11.0. The minimum atomic E-state index is -0.285. The van der Waals surface area contributed by atoms with Gasteiger partial charge in [0.2, 0.25) is 0 Å². The van der Waals surface area contributed by atoms with Crippen LogP contribution in [0.5, 0.6) is 5.75 Å². The Kier molecular flexibility index (Phi) is 7.18. The first-order valence-electron chi connectivity index (χ1n) is 12.4. The second-order valence-corrected chi connectivity index (χ2v) is 9.01. The molecule has 1 aliphatic heterocycles. The maximum atomic E-state index is 12.1. The van der Waals surface area contributed by atoms with Crippen LogP contribution in [0.25, 0.3) is 22.0 Å². The largest absolute Gasteiger partial charge is 0.487 e. The Bertz CT molecular complexity index is 1440. The predicted molar refractivity (Wildman–Crippen MR) is 142 cm³/mol. The molecular formula is C29H30N4O4. The van der Waals surface area contributed by atoms with E-state index in [1.54, 1.807) is 6.92 Å². The normalized spacial score (nSPS) is 15.1. The number of nitrogen functional groups attached to an aromatic ring is 1. The number of nitrogens with one attached hydrogen (secondary N) is 1. The minimum Gasteiger partial charge on any atom is -0.487 e. The summed E-state index contributed by atoms with van der Waals surface area (Å²) >= 11 is 0. The van der Waals surface area contributed by atoms with Crippen LogP contribution >= 0.6 is 0 Å². The van der Waals surface area contributed by atoms with Crippen molar-refractivity contribution in [2.75, 3.05) is 19.8 Å². The highest BCUT2D eigenvalue weighted by Gasteiger charge is 2.23. The van der Waals surface area contributed by atoms with Gasteiger partial charge >= 0.3 is 5.97 Å². The van der Waals surface area contributed by atoms with Gasteiger partial charge in [-0.25, -0.2) is 0 Å². The number of ether oxygens (including phenoxy) is 3. The average Bonchev–Trinajstić information content (AvgIpc) is 3.56. The second kappa shape index (κ2) is 10.8. The number of carbonyl (C=O) groups is 1. The summed E-state index contributed by atoms with van der Waals surface area (Å²) in [6.45, 7) is 3.72. The molecule has 1 unspecified atom stereocenters. The molecule has 8 heteroatoms. The number of fused-ring (bicyclic) bond motifs is 1. The summed E-state index contributed by atoms with van der Waals surface area (Å²) in [5.74, 6) is 0.382. The van der Waals surface area contributed by atoms with Crippen molar-refractivity contribution in [3.8, 4) is 16.9 Å². The van der Waals surface area contributed by atoms with E-state index in [0.29, 0.717) is 24.5 Å². The average molecular weight is 499 g/mol. The van der Waals surface area contributed by atoms with Crippen molar-refractivity contribution in [2.45, 2.75) is 32.4 Å². The van der Waals surface area contributed by atoms with E-state index in [4.69, 9.17) is 30.5 Å². The number of hydrogen-bond donors (Lipinski definition) is 2. The number of esters is 1. The van der Waals surface area contributed by atoms with Crippen molar-refractivity contribution in [2.24, 2.45) is 5.73 Å². The van der Waals surface area contributed by atoms with Crippen LogP contribution in [0.15, 0.2) is 66.7 Å². The maximum Gasteiger partial charge on any atom is 0.310 e. The number of amidine groups is 1. The van der Waals surface area contributed by atoms with Gasteiger partial charge in [-0.15, -0.1) is 0 Å². The fourth-order valence-electron chi connectivity index (χ4n) is 4.65. The van der Waals surface area contributed by atoms with E-state index in [1.807, 2.05) is 53.2 Å². The highest BCUT2D eigenvalue weighted by atomic mass is 16.5. The number of carbonyl (C=O) groups excluding carboxylic acids is 1. The number of rotatable bonds is 9. The molecule has 0 radical (unpaired) electrons. The van der Waals surface area contributed by atoms with Crippen LogP contribution in [-0.4, -0.2) is 41.4 Å². The lowest BCUT2D eigenvalue weighted by atomic mass is 10.0. The molecule has 2 heterocycles. The van der Waals surface area contributed by atoms with Crippen molar-refractivity contribution in [3.63, 3.8) is 0 Å². The van der Waals surface area contributed by atoms with Crippen LogP contribution in [0.2, 0.25) is 0 Å². The van der Waals surface area contributed by atoms with Crippen molar-refractivity contribution in [1.82, 2.24) is 9.78 Å². The molecule has 1 atom stereocenters. The Morgan fingerprint density at radius 3 is 2.76 bits per heavy atom. The molecule has 5 rings (SSSR count). The zero-order chi connectivity index (χ0) is 25.8. The first kappa shape index (κ1) is 24.5. The molecule has 1 aromatic heterocycles. The van der Waals surface area contributed by atoms with Crippen molar-refractivity contribution < 1.29 is 19.0 Å². The number of hydrogen-bond acceptors (Lipinski definition) is 6. The Morgan fingerprint density at radius 2 is 1.97 bits per heavy atom. The zero-order valence-corrected chi connectivity index (χ0v) is 20.8. The molecule has 37 heavy (non-hydrogen) atoms. The van der Waals surface area contributed by atoms with E-state index in [2.05, 4.69) is 18.2 Å². The topological polar surface area (TPSA) is 112 Å². The highest BCUT2D eigenvalue weighted by Crippen LogP contribution is 2.32. The first-order valence-corrected chi connectivity index (χ1v) is 12.4. The Labute approximate surface area is 215 Å². The van der Waals surface area contributed by atoms with Crippen LogP contribution in [-0.2, 0) is 27.3 Å². The molecule has 0 saturated carbocycles. The number of benzene rings is 3. The highest BCUT2D eigenvalue weighted by molar-refractivity contribution is 5.96. The molecule has 0 bridgehead atoms. The first-order chi connectivity index (χ1) is 18.0. The molecule has 1 saturated heterocycles. The van der Waals surface area contributed by atoms with Gasteiger partial charge in [0, 0.05) is 23.1 Å². The van der Waals surface area contributed by atoms with Gasteiger partial charge < -0.3 is 19.9 Å². The van der Waals surface area contributed by atoms with E-state index >= 15 is 0 Å². The summed E-state index contributed by atoms with van der Waals surface area (Å²) < 4.78 is 19.0. The molecular weight excluding hydrogens is 468 g/mol. The van der Waals surface area contributed by atoms with Crippen molar-refractivity contribution >= 4 is 22.7 Å². The third-order valence-electron chi connectivity index (χ3n) is 6.52. The fourth-order valence-corrected chi connectivity index (χ4v) is 4.65. The monoisotopic (exact) mass is 498 g/mol. The predicted octanol–water partition coefficient (Wildman–Crippen LogP) is 4.63. The SMILES string of the molecule is CCOC(=O)Cc1ccccc1OCc1nn(C2CCOC2)c2ccc(-c3cccc(C(=N)N)c3)cc12. The molecule has 190 valence electrons. The third kappa shape index (κ3) is 5.34. The molecule has 1 fully saturated rings. The Morgan fingerprint density at radius 1 is 1.14 bits per heavy atom. The van der Waals surface area contributed by atoms with Crippen LogP contribution in [0.1, 0.15) is 36.2 Å². The minimum absolute atomic E-state index is 0.0348. The maximum absolute atomic E-state index is 12.1.